The number of amides is 2. The number of aromatic amines is 1. The van der Waals surface area contributed by atoms with Crippen LogP contribution in [-0.2, 0) is 4.79 Å². The second-order valence-electron chi connectivity index (χ2n) is 8.35. The lowest BCUT2D eigenvalue weighted by Gasteiger charge is -2.53. The third-order valence-electron chi connectivity index (χ3n) is 6.74. The van der Waals surface area contributed by atoms with Gasteiger partial charge in [0.15, 0.2) is 5.69 Å². The van der Waals surface area contributed by atoms with Gasteiger partial charge < -0.3 is 0 Å². The van der Waals surface area contributed by atoms with Crippen LogP contribution in [-0.4, -0.2) is 22.0 Å². The van der Waals surface area contributed by atoms with Crippen LogP contribution in [0, 0.1) is 29.6 Å². The first-order valence-electron chi connectivity index (χ1n) is 9.67. The van der Waals surface area contributed by atoms with E-state index in [4.69, 9.17) is 0 Å². The molecule has 140 valence electrons. The number of benzene rings is 1. The summed E-state index contributed by atoms with van der Waals surface area (Å²) in [6.07, 6.45) is 5.91. The van der Waals surface area contributed by atoms with Gasteiger partial charge in [-0.3, -0.25) is 25.2 Å². The van der Waals surface area contributed by atoms with Crippen molar-refractivity contribution >= 4 is 22.6 Å². The van der Waals surface area contributed by atoms with E-state index < -0.39 is 5.91 Å². The zero-order valence-corrected chi connectivity index (χ0v) is 14.9. The number of rotatable bonds is 2. The molecular formula is C20H22N4O3. The smallest absolute Gasteiger partial charge is 0.273 e. The SMILES string of the molecule is O=C(NNC(=O)C1C2CC3CC(C2)CC1C3)c1n[nH]c(=O)c2ccccc12. The molecule has 2 aromatic rings. The van der Waals surface area contributed by atoms with Crippen molar-refractivity contribution in [3.05, 3.63) is 40.3 Å². The Labute approximate surface area is 155 Å². The van der Waals surface area contributed by atoms with Gasteiger partial charge in [0.2, 0.25) is 5.91 Å². The second kappa shape index (κ2) is 6.18. The molecule has 4 aliphatic carbocycles. The van der Waals surface area contributed by atoms with E-state index in [1.165, 1.54) is 6.42 Å². The first-order valence-corrected chi connectivity index (χ1v) is 9.67. The Balaban J connectivity index is 1.31. The number of hydrogen-bond acceptors (Lipinski definition) is 4. The normalized spacial score (nSPS) is 31.0. The van der Waals surface area contributed by atoms with Crippen LogP contribution in [0.2, 0.25) is 0 Å². The maximum atomic E-state index is 12.8. The molecule has 1 aromatic carbocycles. The molecule has 0 saturated heterocycles. The minimum atomic E-state index is -0.528. The number of nitrogens with one attached hydrogen (secondary N) is 3. The Bertz CT molecular complexity index is 955. The summed E-state index contributed by atoms with van der Waals surface area (Å²) in [5, 5.41) is 7.06. The van der Waals surface area contributed by atoms with Crippen LogP contribution in [0.3, 0.4) is 0 Å². The molecule has 0 radical (unpaired) electrons. The van der Waals surface area contributed by atoms with Crippen LogP contribution in [0.4, 0.5) is 0 Å². The minimum absolute atomic E-state index is 0.00150. The third-order valence-corrected chi connectivity index (χ3v) is 6.74. The lowest BCUT2D eigenvalue weighted by molar-refractivity contribution is -0.138. The van der Waals surface area contributed by atoms with Gasteiger partial charge in [0.05, 0.1) is 5.39 Å². The van der Waals surface area contributed by atoms with Crippen LogP contribution >= 0.6 is 0 Å². The Hall–Kier alpha value is -2.70. The molecule has 27 heavy (non-hydrogen) atoms. The fourth-order valence-corrected chi connectivity index (χ4v) is 5.90. The molecule has 3 N–H and O–H groups in total. The lowest BCUT2D eigenvalue weighted by atomic mass is 9.52. The van der Waals surface area contributed by atoms with Crippen molar-refractivity contribution < 1.29 is 9.59 Å². The summed E-state index contributed by atoms with van der Waals surface area (Å²) in [7, 11) is 0. The molecular weight excluding hydrogens is 344 g/mol. The van der Waals surface area contributed by atoms with E-state index >= 15 is 0 Å². The van der Waals surface area contributed by atoms with Crippen LogP contribution in [0.5, 0.6) is 0 Å². The van der Waals surface area contributed by atoms with Gasteiger partial charge in [-0.15, -0.1) is 0 Å². The molecule has 4 bridgehead atoms. The molecule has 4 saturated carbocycles. The molecule has 0 spiro atoms. The van der Waals surface area contributed by atoms with Crippen LogP contribution in [0.15, 0.2) is 29.1 Å². The summed E-state index contributed by atoms with van der Waals surface area (Å²) in [6.45, 7) is 0. The molecule has 7 heteroatoms. The van der Waals surface area contributed by atoms with Crippen molar-refractivity contribution in [1.82, 2.24) is 21.0 Å². The van der Waals surface area contributed by atoms with Crippen LogP contribution < -0.4 is 16.4 Å². The molecule has 1 aromatic heterocycles. The summed E-state index contributed by atoms with van der Waals surface area (Å²) < 4.78 is 0. The molecule has 0 unspecified atom stereocenters. The number of aromatic nitrogens is 2. The number of hydrogen-bond donors (Lipinski definition) is 3. The van der Waals surface area contributed by atoms with E-state index in [1.807, 2.05) is 0 Å². The molecule has 6 rings (SSSR count). The van der Waals surface area contributed by atoms with E-state index in [2.05, 4.69) is 21.0 Å². The summed E-state index contributed by atoms with van der Waals surface area (Å²) in [5.41, 5.74) is 4.86. The number of carbonyl (C=O) groups is 2. The highest BCUT2D eigenvalue weighted by Gasteiger charge is 2.50. The summed E-state index contributed by atoms with van der Waals surface area (Å²) in [4.78, 5) is 37.2. The lowest BCUT2D eigenvalue weighted by Crippen LogP contribution is -2.54. The highest BCUT2D eigenvalue weighted by atomic mass is 16.2. The number of carbonyl (C=O) groups excluding carboxylic acids is 2. The van der Waals surface area contributed by atoms with E-state index in [0.29, 0.717) is 22.6 Å². The van der Waals surface area contributed by atoms with Crippen LogP contribution in [0.1, 0.15) is 42.6 Å². The number of hydrazine groups is 1. The average molecular weight is 366 g/mol. The first-order chi connectivity index (χ1) is 13.1. The highest BCUT2D eigenvalue weighted by Crippen LogP contribution is 2.56. The van der Waals surface area contributed by atoms with E-state index in [9.17, 15) is 14.4 Å². The summed E-state index contributed by atoms with van der Waals surface area (Å²) in [6, 6.07) is 6.78. The van der Waals surface area contributed by atoms with Gasteiger partial charge in [-0.05, 0) is 61.8 Å². The summed E-state index contributed by atoms with van der Waals surface area (Å²) in [5.74, 6) is 1.87. The fraction of sp³-hybridized carbons (Fsp3) is 0.500. The van der Waals surface area contributed by atoms with Gasteiger partial charge in [-0.2, -0.15) is 5.10 Å². The van der Waals surface area contributed by atoms with Crippen molar-refractivity contribution in [3.63, 3.8) is 0 Å². The maximum absolute atomic E-state index is 12.8. The molecule has 0 atom stereocenters. The number of H-pyrrole nitrogens is 1. The topological polar surface area (TPSA) is 104 Å². The maximum Gasteiger partial charge on any atom is 0.290 e. The van der Waals surface area contributed by atoms with E-state index in [1.54, 1.807) is 24.3 Å². The first kappa shape index (κ1) is 16.5. The largest absolute Gasteiger partial charge is 0.290 e. The Morgan fingerprint density at radius 1 is 0.926 bits per heavy atom. The van der Waals surface area contributed by atoms with Gasteiger partial charge in [0.25, 0.3) is 11.5 Å². The molecule has 7 nitrogen and oxygen atoms in total. The van der Waals surface area contributed by atoms with Crippen molar-refractivity contribution in [2.45, 2.75) is 32.1 Å². The Morgan fingerprint density at radius 3 is 2.22 bits per heavy atom. The molecule has 2 amide bonds. The monoisotopic (exact) mass is 366 g/mol. The second-order valence-corrected chi connectivity index (χ2v) is 8.35. The van der Waals surface area contributed by atoms with Crippen molar-refractivity contribution in [2.75, 3.05) is 0 Å². The van der Waals surface area contributed by atoms with Gasteiger partial charge in [-0.25, -0.2) is 5.10 Å². The predicted molar refractivity (Wildman–Crippen MR) is 98.5 cm³/mol. The van der Waals surface area contributed by atoms with Gasteiger partial charge in [-0.1, -0.05) is 18.2 Å². The standard InChI is InChI=1S/C20H22N4O3/c25-18-15-4-2-1-3-14(15)17(21-22-18)20(27)24-23-19(26)16-12-6-10-5-11(8-12)9-13(16)7-10/h1-4,10-13,16H,5-9H2,(H,22,25)(H,23,26)(H,24,27). The summed E-state index contributed by atoms with van der Waals surface area (Å²) >= 11 is 0. The van der Waals surface area contributed by atoms with Gasteiger partial charge >= 0.3 is 0 Å². The predicted octanol–water partition coefficient (Wildman–Crippen LogP) is 1.76. The average Bonchev–Trinajstić information content (AvgIpc) is 2.66. The van der Waals surface area contributed by atoms with E-state index in [-0.39, 0.29) is 23.1 Å². The number of fused-ring (bicyclic) bond motifs is 1. The number of nitrogens with zero attached hydrogens (tertiary/aromatic N) is 1. The van der Waals surface area contributed by atoms with Gasteiger partial charge in [0, 0.05) is 11.3 Å². The van der Waals surface area contributed by atoms with Crippen molar-refractivity contribution in [2.24, 2.45) is 29.6 Å². The van der Waals surface area contributed by atoms with Crippen molar-refractivity contribution in [3.8, 4) is 0 Å². The van der Waals surface area contributed by atoms with E-state index in [0.717, 1.165) is 37.5 Å². The highest BCUT2D eigenvalue weighted by molar-refractivity contribution is 6.05. The zero-order chi connectivity index (χ0) is 18.5. The van der Waals surface area contributed by atoms with Crippen LogP contribution in [0.25, 0.3) is 10.8 Å². The Kier molecular flexibility index (Phi) is 3.77. The minimum Gasteiger partial charge on any atom is -0.273 e. The zero-order valence-electron chi connectivity index (χ0n) is 14.9. The van der Waals surface area contributed by atoms with Gasteiger partial charge in [0.1, 0.15) is 0 Å². The molecule has 4 aliphatic rings. The third kappa shape index (κ3) is 2.72. The molecule has 4 fully saturated rings. The quantitative estimate of drug-likeness (QED) is 0.705. The van der Waals surface area contributed by atoms with Crippen molar-refractivity contribution in [1.29, 1.82) is 0 Å². The molecule has 1 heterocycles. The fourth-order valence-electron chi connectivity index (χ4n) is 5.90. The Morgan fingerprint density at radius 2 is 1.56 bits per heavy atom. The molecule has 0 aliphatic heterocycles.